The smallest absolute Gasteiger partial charge is 0.256 e. The summed E-state index contributed by atoms with van der Waals surface area (Å²) in [5.41, 5.74) is 6.16. The number of halogens is 2. The summed E-state index contributed by atoms with van der Waals surface area (Å²) in [5.74, 6) is -1.18. The van der Waals surface area contributed by atoms with Crippen LogP contribution in [0.1, 0.15) is 48.9 Å². The molecule has 1 aromatic carbocycles. The van der Waals surface area contributed by atoms with Gasteiger partial charge in [0, 0.05) is 26.2 Å². The van der Waals surface area contributed by atoms with Gasteiger partial charge in [-0.3, -0.25) is 9.59 Å². The third-order valence-corrected chi connectivity index (χ3v) is 4.77. The number of rotatable bonds is 5. The maximum absolute atomic E-state index is 13.8. The third kappa shape index (κ3) is 5.41. The fourth-order valence-corrected chi connectivity index (χ4v) is 3.31. The fourth-order valence-electron chi connectivity index (χ4n) is 3.31. The molecule has 1 fully saturated rings. The van der Waals surface area contributed by atoms with Gasteiger partial charge in [0.25, 0.3) is 5.91 Å². The number of benzene rings is 1. The number of nitrogens with one attached hydrogen (secondary N) is 1. The quantitative estimate of drug-likeness (QED) is 0.834. The number of amides is 2. The Hall–Kier alpha value is -1.66. The van der Waals surface area contributed by atoms with Crippen molar-refractivity contribution in [1.29, 1.82) is 0 Å². The summed E-state index contributed by atoms with van der Waals surface area (Å²) in [6.07, 6.45) is 5.68. The second kappa shape index (κ2) is 9.15. The molecule has 0 atom stereocenters. The number of nitrogens with zero attached hydrogens (tertiary/aromatic N) is 1. The Morgan fingerprint density at radius 2 is 1.88 bits per heavy atom. The highest BCUT2D eigenvalue weighted by Gasteiger charge is 2.33. The second-order valence-electron chi connectivity index (χ2n) is 6.88. The molecule has 0 unspecified atom stereocenters. The first kappa shape index (κ1) is 21.4. The molecular weight excluding hydrogens is 345 g/mol. The van der Waals surface area contributed by atoms with E-state index in [1.165, 1.54) is 29.5 Å². The van der Waals surface area contributed by atoms with Crippen LogP contribution in [-0.4, -0.2) is 37.4 Å². The molecule has 0 radical (unpaired) electrons. The highest BCUT2D eigenvalue weighted by Crippen LogP contribution is 2.38. The van der Waals surface area contributed by atoms with Gasteiger partial charge >= 0.3 is 0 Å². The first-order valence-corrected chi connectivity index (χ1v) is 8.38. The monoisotopic (exact) mass is 371 g/mol. The predicted octanol–water partition coefficient (Wildman–Crippen LogP) is 3.19. The fraction of sp³-hybridized carbons (Fsp3) is 0.556. The van der Waals surface area contributed by atoms with Crippen molar-refractivity contribution >= 4 is 29.9 Å². The summed E-state index contributed by atoms with van der Waals surface area (Å²) in [6, 6.07) is 4.05. The molecule has 140 valence electrons. The number of carbonyl (C=O) groups excluding carboxylic acids is 2. The zero-order valence-electron chi connectivity index (χ0n) is 14.8. The Morgan fingerprint density at radius 1 is 1.24 bits per heavy atom. The van der Waals surface area contributed by atoms with Gasteiger partial charge in [0.05, 0.1) is 5.56 Å². The molecule has 0 saturated heterocycles. The van der Waals surface area contributed by atoms with Gasteiger partial charge in [-0.2, -0.15) is 0 Å². The molecule has 3 N–H and O–H groups in total. The Labute approximate surface area is 154 Å². The average molecular weight is 372 g/mol. The lowest BCUT2D eigenvalue weighted by Crippen LogP contribution is -2.36. The number of nitrogens with two attached hydrogens (primary N) is 1. The van der Waals surface area contributed by atoms with Crippen molar-refractivity contribution in [2.45, 2.75) is 38.5 Å². The average Bonchev–Trinajstić information content (AvgIpc) is 2.56. The van der Waals surface area contributed by atoms with Crippen LogP contribution in [0.4, 0.5) is 10.1 Å². The lowest BCUT2D eigenvalue weighted by molar-refractivity contribution is -0.118. The first-order chi connectivity index (χ1) is 11.4. The molecule has 0 bridgehead atoms. The van der Waals surface area contributed by atoms with Crippen LogP contribution in [0.2, 0.25) is 0 Å². The molecule has 0 aromatic heterocycles. The molecule has 2 amide bonds. The molecule has 1 aliphatic carbocycles. The van der Waals surface area contributed by atoms with E-state index in [0.29, 0.717) is 18.7 Å². The number of hydrogen-bond acceptors (Lipinski definition) is 3. The van der Waals surface area contributed by atoms with Gasteiger partial charge in [-0.1, -0.05) is 19.3 Å². The zero-order chi connectivity index (χ0) is 17.7. The van der Waals surface area contributed by atoms with Crippen molar-refractivity contribution in [3.8, 4) is 0 Å². The number of hydrogen-bond donors (Lipinski definition) is 2. The van der Waals surface area contributed by atoms with Crippen molar-refractivity contribution in [1.82, 2.24) is 4.90 Å². The zero-order valence-corrected chi connectivity index (χ0v) is 15.6. The maximum Gasteiger partial charge on any atom is 0.256 e. The standard InChI is InChI=1S/C18H26FN3O2.ClH/c1-22(2)17(24)14-10-13(6-7-15(14)19)21-16(23)11-18(12-20)8-4-3-5-9-18;/h6-7,10H,3-5,8-9,11-12,20H2,1-2H3,(H,21,23);1H. The van der Waals surface area contributed by atoms with E-state index < -0.39 is 11.7 Å². The Morgan fingerprint density at radius 3 is 2.44 bits per heavy atom. The molecular formula is C18H27ClFN3O2. The SMILES string of the molecule is CN(C)C(=O)c1cc(NC(=O)CC2(CN)CCCCC2)ccc1F.Cl. The van der Waals surface area contributed by atoms with Crippen LogP contribution in [0, 0.1) is 11.2 Å². The van der Waals surface area contributed by atoms with Crippen molar-refractivity contribution < 1.29 is 14.0 Å². The molecule has 7 heteroatoms. The minimum absolute atomic E-state index is 0. The van der Waals surface area contributed by atoms with Crippen LogP contribution < -0.4 is 11.1 Å². The van der Waals surface area contributed by atoms with Gasteiger partial charge in [0.15, 0.2) is 0 Å². The predicted molar refractivity (Wildman–Crippen MR) is 99.5 cm³/mol. The number of anilines is 1. The highest BCUT2D eigenvalue weighted by atomic mass is 35.5. The summed E-state index contributed by atoms with van der Waals surface area (Å²) in [7, 11) is 3.11. The third-order valence-electron chi connectivity index (χ3n) is 4.77. The largest absolute Gasteiger partial charge is 0.345 e. The van der Waals surface area contributed by atoms with E-state index in [-0.39, 0.29) is 29.3 Å². The van der Waals surface area contributed by atoms with E-state index in [2.05, 4.69) is 5.32 Å². The first-order valence-electron chi connectivity index (χ1n) is 8.38. The van der Waals surface area contributed by atoms with Crippen LogP contribution in [0.25, 0.3) is 0 Å². The van der Waals surface area contributed by atoms with Gasteiger partial charge < -0.3 is 16.0 Å². The molecule has 1 aliphatic rings. The van der Waals surface area contributed by atoms with E-state index in [0.717, 1.165) is 25.7 Å². The minimum Gasteiger partial charge on any atom is -0.345 e. The van der Waals surface area contributed by atoms with Gasteiger partial charge in [-0.25, -0.2) is 4.39 Å². The lowest BCUT2D eigenvalue weighted by Gasteiger charge is -2.35. The van der Waals surface area contributed by atoms with Crippen molar-refractivity contribution in [2.75, 3.05) is 26.0 Å². The summed E-state index contributed by atoms with van der Waals surface area (Å²) >= 11 is 0. The van der Waals surface area contributed by atoms with Crippen molar-refractivity contribution in [2.24, 2.45) is 11.1 Å². The normalized spacial score (nSPS) is 15.8. The van der Waals surface area contributed by atoms with E-state index in [1.54, 1.807) is 14.1 Å². The second-order valence-corrected chi connectivity index (χ2v) is 6.88. The summed E-state index contributed by atoms with van der Waals surface area (Å²) in [5, 5.41) is 2.78. The minimum atomic E-state index is -0.600. The molecule has 1 aromatic rings. The molecule has 5 nitrogen and oxygen atoms in total. The van der Waals surface area contributed by atoms with Crippen LogP contribution in [0.15, 0.2) is 18.2 Å². The highest BCUT2D eigenvalue weighted by molar-refractivity contribution is 5.97. The summed E-state index contributed by atoms with van der Waals surface area (Å²) in [4.78, 5) is 25.7. The van der Waals surface area contributed by atoms with Crippen LogP contribution >= 0.6 is 12.4 Å². The van der Waals surface area contributed by atoms with Crippen molar-refractivity contribution in [3.05, 3.63) is 29.6 Å². The van der Waals surface area contributed by atoms with E-state index in [9.17, 15) is 14.0 Å². The Balaban J connectivity index is 0.00000312. The van der Waals surface area contributed by atoms with Crippen LogP contribution in [-0.2, 0) is 4.79 Å². The van der Waals surface area contributed by atoms with Crippen molar-refractivity contribution in [3.63, 3.8) is 0 Å². The Kier molecular flexibility index (Phi) is 7.83. The van der Waals surface area contributed by atoms with Crippen LogP contribution in [0.3, 0.4) is 0 Å². The van der Waals surface area contributed by atoms with Crippen LogP contribution in [0.5, 0.6) is 0 Å². The maximum atomic E-state index is 13.8. The molecule has 1 saturated carbocycles. The summed E-state index contributed by atoms with van der Waals surface area (Å²) in [6.45, 7) is 0.494. The Bertz CT molecular complexity index is 616. The molecule has 25 heavy (non-hydrogen) atoms. The van der Waals surface area contributed by atoms with Gasteiger partial charge in [0.2, 0.25) is 5.91 Å². The van der Waals surface area contributed by atoms with E-state index in [1.807, 2.05) is 0 Å². The molecule has 0 spiro atoms. The van der Waals surface area contributed by atoms with E-state index in [4.69, 9.17) is 5.73 Å². The van der Waals surface area contributed by atoms with Gasteiger partial charge in [0.1, 0.15) is 5.82 Å². The van der Waals surface area contributed by atoms with Gasteiger partial charge in [-0.05, 0) is 43.0 Å². The molecule has 0 heterocycles. The topological polar surface area (TPSA) is 75.4 Å². The van der Waals surface area contributed by atoms with Gasteiger partial charge in [-0.15, -0.1) is 12.4 Å². The number of carbonyl (C=O) groups is 2. The molecule has 2 rings (SSSR count). The van der Waals surface area contributed by atoms with E-state index >= 15 is 0 Å². The molecule has 0 aliphatic heterocycles. The summed E-state index contributed by atoms with van der Waals surface area (Å²) < 4.78 is 13.8. The lowest BCUT2D eigenvalue weighted by atomic mass is 9.71.